The first-order valence-electron chi connectivity index (χ1n) is 6.03. The minimum Gasteiger partial charge on any atom is -0.397 e. The normalized spacial score (nSPS) is 24.6. The number of nitrogens with one attached hydrogen (secondary N) is 1. The van der Waals surface area contributed by atoms with E-state index in [1.54, 1.807) is 0 Å². The first-order valence-corrected chi connectivity index (χ1v) is 8.11. The van der Waals surface area contributed by atoms with E-state index in [9.17, 15) is 0 Å². The molecule has 0 aromatic heterocycles. The number of hydrogen-bond donors (Lipinski definition) is 2. The van der Waals surface area contributed by atoms with E-state index in [1.165, 1.54) is 25.7 Å². The minimum absolute atomic E-state index is 0.585. The van der Waals surface area contributed by atoms with Crippen molar-refractivity contribution in [2.75, 3.05) is 17.3 Å². The molecule has 1 aromatic carbocycles. The summed E-state index contributed by atoms with van der Waals surface area (Å²) in [5.74, 6) is 0. The molecule has 1 aliphatic carbocycles. The molecule has 1 aliphatic rings. The fourth-order valence-electron chi connectivity index (χ4n) is 2.33. The van der Waals surface area contributed by atoms with Gasteiger partial charge in [0, 0.05) is 15.8 Å². The van der Waals surface area contributed by atoms with Gasteiger partial charge in [-0.25, -0.2) is 0 Å². The lowest BCUT2D eigenvalue weighted by atomic mass is 9.94. The van der Waals surface area contributed by atoms with Crippen molar-refractivity contribution in [1.82, 2.24) is 0 Å². The second-order valence-electron chi connectivity index (χ2n) is 4.59. The van der Waals surface area contributed by atoms with Gasteiger partial charge in [0.1, 0.15) is 0 Å². The Morgan fingerprint density at radius 2 is 2.00 bits per heavy atom. The second kappa shape index (κ2) is 6.01. The van der Waals surface area contributed by atoms with E-state index in [2.05, 4.69) is 33.6 Å². The van der Waals surface area contributed by atoms with Gasteiger partial charge in [-0.05, 0) is 50.1 Å². The van der Waals surface area contributed by atoms with Crippen LogP contribution in [0.5, 0.6) is 0 Å². The van der Waals surface area contributed by atoms with E-state index in [-0.39, 0.29) is 0 Å². The van der Waals surface area contributed by atoms with Crippen LogP contribution in [0.1, 0.15) is 25.7 Å². The van der Waals surface area contributed by atoms with E-state index in [1.807, 2.05) is 23.9 Å². The van der Waals surface area contributed by atoms with Crippen LogP contribution < -0.4 is 11.1 Å². The molecular formula is C13H19BrN2S. The first kappa shape index (κ1) is 13.1. The SMILES string of the molecule is CSC1CCC(Nc2ccc(Br)cc2N)CC1. The summed E-state index contributed by atoms with van der Waals surface area (Å²) in [7, 11) is 0. The van der Waals surface area contributed by atoms with Crippen LogP contribution in [0.4, 0.5) is 11.4 Å². The molecule has 0 radical (unpaired) electrons. The molecule has 94 valence electrons. The zero-order valence-corrected chi connectivity index (χ0v) is 12.5. The van der Waals surface area contributed by atoms with Gasteiger partial charge in [-0.3, -0.25) is 0 Å². The Morgan fingerprint density at radius 3 is 2.59 bits per heavy atom. The number of nitrogens with two attached hydrogens (primary N) is 1. The Hall–Kier alpha value is -0.350. The summed E-state index contributed by atoms with van der Waals surface area (Å²) in [5, 5.41) is 4.42. The van der Waals surface area contributed by atoms with Crippen LogP contribution in [0.25, 0.3) is 0 Å². The molecule has 0 heterocycles. The molecule has 1 saturated carbocycles. The van der Waals surface area contributed by atoms with Gasteiger partial charge in [0.25, 0.3) is 0 Å². The Bertz CT molecular complexity index is 376. The summed E-state index contributed by atoms with van der Waals surface area (Å²) >= 11 is 5.43. The molecule has 1 fully saturated rings. The lowest BCUT2D eigenvalue weighted by Crippen LogP contribution is -2.27. The maximum atomic E-state index is 6.00. The Morgan fingerprint density at radius 1 is 1.29 bits per heavy atom. The van der Waals surface area contributed by atoms with Crippen molar-refractivity contribution in [2.45, 2.75) is 37.0 Å². The predicted molar refractivity (Wildman–Crippen MR) is 81.7 cm³/mol. The highest BCUT2D eigenvalue weighted by Crippen LogP contribution is 2.30. The quantitative estimate of drug-likeness (QED) is 0.824. The summed E-state index contributed by atoms with van der Waals surface area (Å²) in [6, 6.07) is 6.63. The van der Waals surface area contributed by atoms with Gasteiger partial charge >= 0.3 is 0 Å². The maximum absolute atomic E-state index is 6.00. The number of benzene rings is 1. The van der Waals surface area contributed by atoms with E-state index < -0.39 is 0 Å². The van der Waals surface area contributed by atoms with Crippen molar-refractivity contribution in [2.24, 2.45) is 0 Å². The zero-order valence-electron chi connectivity index (χ0n) is 10.1. The highest BCUT2D eigenvalue weighted by Gasteiger charge is 2.20. The largest absolute Gasteiger partial charge is 0.397 e. The zero-order chi connectivity index (χ0) is 12.3. The number of anilines is 2. The summed E-state index contributed by atoms with van der Waals surface area (Å²) < 4.78 is 1.03. The molecular weight excluding hydrogens is 296 g/mol. The number of rotatable bonds is 3. The third-order valence-corrected chi connectivity index (χ3v) is 5.01. The third-order valence-electron chi connectivity index (χ3n) is 3.38. The lowest BCUT2D eigenvalue weighted by Gasteiger charge is -2.29. The van der Waals surface area contributed by atoms with Gasteiger partial charge < -0.3 is 11.1 Å². The summed E-state index contributed by atoms with van der Waals surface area (Å²) in [6.45, 7) is 0. The van der Waals surface area contributed by atoms with Crippen molar-refractivity contribution < 1.29 is 0 Å². The fourth-order valence-corrected chi connectivity index (χ4v) is 3.45. The van der Waals surface area contributed by atoms with E-state index in [4.69, 9.17) is 5.73 Å². The standard InChI is InChI=1S/C13H19BrN2S/c1-17-11-5-3-10(4-6-11)16-13-7-2-9(14)8-12(13)15/h2,7-8,10-11,16H,3-6,15H2,1H3. The van der Waals surface area contributed by atoms with Crippen LogP contribution in [0.3, 0.4) is 0 Å². The number of thioether (sulfide) groups is 1. The summed E-state index contributed by atoms with van der Waals surface area (Å²) in [5.41, 5.74) is 7.89. The third kappa shape index (κ3) is 3.55. The minimum atomic E-state index is 0.585. The van der Waals surface area contributed by atoms with E-state index in [0.717, 1.165) is 21.1 Å². The van der Waals surface area contributed by atoms with Crippen molar-refractivity contribution in [1.29, 1.82) is 0 Å². The van der Waals surface area contributed by atoms with Gasteiger partial charge in [-0.15, -0.1) is 0 Å². The lowest BCUT2D eigenvalue weighted by molar-refractivity contribution is 0.473. The molecule has 1 aromatic rings. The van der Waals surface area contributed by atoms with Crippen molar-refractivity contribution in [3.8, 4) is 0 Å². The second-order valence-corrected chi connectivity index (χ2v) is 6.64. The van der Waals surface area contributed by atoms with Crippen LogP contribution in [0.15, 0.2) is 22.7 Å². The van der Waals surface area contributed by atoms with Crippen molar-refractivity contribution >= 4 is 39.1 Å². The van der Waals surface area contributed by atoms with Crippen LogP contribution >= 0.6 is 27.7 Å². The smallest absolute Gasteiger partial charge is 0.0576 e. The van der Waals surface area contributed by atoms with Gasteiger partial charge in [0.05, 0.1) is 11.4 Å². The molecule has 2 nitrogen and oxygen atoms in total. The number of hydrogen-bond acceptors (Lipinski definition) is 3. The number of nitrogen functional groups attached to an aromatic ring is 1. The predicted octanol–water partition coefficient (Wildman–Crippen LogP) is 4.12. The molecule has 0 unspecified atom stereocenters. The number of halogens is 1. The van der Waals surface area contributed by atoms with Crippen molar-refractivity contribution in [3.05, 3.63) is 22.7 Å². The van der Waals surface area contributed by atoms with Crippen LogP contribution in [-0.2, 0) is 0 Å². The monoisotopic (exact) mass is 314 g/mol. The van der Waals surface area contributed by atoms with Gasteiger partial charge in [0.15, 0.2) is 0 Å². The van der Waals surface area contributed by atoms with Gasteiger partial charge in [-0.2, -0.15) is 11.8 Å². The Labute approximate surface area is 116 Å². The van der Waals surface area contributed by atoms with E-state index >= 15 is 0 Å². The topological polar surface area (TPSA) is 38.0 Å². The van der Waals surface area contributed by atoms with Gasteiger partial charge in [0.2, 0.25) is 0 Å². The molecule has 0 aliphatic heterocycles. The first-order chi connectivity index (χ1) is 8.19. The van der Waals surface area contributed by atoms with Gasteiger partial charge in [-0.1, -0.05) is 15.9 Å². The molecule has 0 atom stereocenters. The van der Waals surface area contributed by atoms with E-state index in [0.29, 0.717) is 6.04 Å². The average Bonchev–Trinajstić information content (AvgIpc) is 2.34. The van der Waals surface area contributed by atoms with Crippen molar-refractivity contribution in [3.63, 3.8) is 0 Å². The van der Waals surface area contributed by atoms with Crippen LogP contribution in [0.2, 0.25) is 0 Å². The Balaban J connectivity index is 1.93. The molecule has 0 amide bonds. The summed E-state index contributed by atoms with van der Waals surface area (Å²) in [6.07, 6.45) is 7.34. The molecule has 17 heavy (non-hydrogen) atoms. The molecule has 0 saturated heterocycles. The van der Waals surface area contributed by atoms with Crippen LogP contribution in [0, 0.1) is 0 Å². The fraction of sp³-hybridized carbons (Fsp3) is 0.538. The average molecular weight is 315 g/mol. The summed E-state index contributed by atoms with van der Waals surface area (Å²) in [4.78, 5) is 0. The Kier molecular flexibility index (Phi) is 4.62. The molecule has 4 heteroatoms. The highest BCUT2D eigenvalue weighted by atomic mass is 79.9. The highest BCUT2D eigenvalue weighted by molar-refractivity contribution is 9.10. The van der Waals surface area contributed by atoms with Crippen LogP contribution in [-0.4, -0.2) is 17.5 Å². The molecule has 3 N–H and O–H groups in total. The molecule has 2 rings (SSSR count). The maximum Gasteiger partial charge on any atom is 0.0576 e. The molecule has 0 bridgehead atoms. The molecule has 0 spiro atoms.